The van der Waals surface area contributed by atoms with Crippen LogP contribution in [0, 0.1) is 5.82 Å². The number of carbonyl (C=O) groups excluding carboxylic acids is 1. The normalized spacial score (nSPS) is 17.5. The number of anilines is 1. The van der Waals surface area contributed by atoms with Gasteiger partial charge in [-0.2, -0.15) is 0 Å². The molecule has 0 atom stereocenters. The van der Waals surface area contributed by atoms with E-state index >= 15 is 4.39 Å². The highest BCUT2D eigenvalue weighted by Crippen LogP contribution is 2.37. The van der Waals surface area contributed by atoms with Gasteiger partial charge in [-0.15, -0.1) is 0 Å². The van der Waals surface area contributed by atoms with Crippen LogP contribution in [0.25, 0.3) is 33.3 Å². The smallest absolute Gasteiger partial charge is 0.255 e. The van der Waals surface area contributed by atoms with Crippen LogP contribution in [0.5, 0.6) is 5.75 Å². The van der Waals surface area contributed by atoms with E-state index in [9.17, 15) is 9.90 Å². The molecule has 0 saturated heterocycles. The maximum absolute atomic E-state index is 15.6. The Morgan fingerprint density at radius 1 is 1.11 bits per heavy atom. The molecule has 2 aromatic carbocycles. The van der Waals surface area contributed by atoms with E-state index in [1.54, 1.807) is 33.5 Å². The van der Waals surface area contributed by atoms with Crippen LogP contribution in [-0.2, 0) is 0 Å². The van der Waals surface area contributed by atoms with Crippen LogP contribution in [0.15, 0.2) is 54.9 Å². The van der Waals surface area contributed by atoms with Gasteiger partial charge in [0, 0.05) is 54.6 Å². The second-order valence-corrected chi connectivity index (χ2v) is 9.75. The van der Waals surface area contributed by atoms with Gasteiger partial charge in [-0.3, -0.25) is 4.79 Å². The molecule has 1 fully saturated rings. The molecule has 7 nitrogen and oxygen atoms in total. The molecule has 1 aliphatic rings. The van der Waals surface area contributed by atoms with Crippen molar-refractivity contribution in [3.8, 4) is 28.0 Å². The summed E-state index contributed by atoms with van der Waals surface area (Å²) in [6, 6.07) is 12.9. The minimum atomic E-state index is -0.493. The number of amides is 1. The number of aliphatic hydroxyl groups excluding tert-OH is 1. The van der Waals surface area contributed by atoms with Crippen molar-refractivity contribution in [3.63, 3.8) is 0 Å². The first-order valence-electron chi connectivity index (χ1n) is 12.5. The Balaban J connectivity index is 1.58. The molecule has 0 radical (unpaired) electrons. The average molecular weight is 503 g/mol. The first kappa shape index (κ1) is 24.8. The van der Waals surface area contributed by atoms with Crippen molar-refractivity contribution in [2.45, 2.75) is 37.8 Å². The SMILES string of the molecule is COc1ccccc1-c1c[nH]c2ncc(-c3cc(F)c(NC4CCC(O)CC4)c(C(=O)N(C)C)c3)cc12. The number of carbonyl (C=O) groups is 1. The molecule has 2 aromatic heterocycles. The molecule has 0 spiro atoms. The minimum Gasteiger partial charge on any atom is -0.496 e. The zero-order valence-electron chi connectivity index (χ0n) is 21.2. The van der Waals surface area contributed by atoms with Gasteiger partial charge in [-0.1, -0.05) is 18.2 Å². The summed E-state index contributed by atoms with van der Waals surface area (Å²) < 4.78 is 21.2. The van der Waals surface area contributed by atoms with E-state index in [1.807, 2.05) is 36.5 Å². The number of aromatic nitrogens is 2. The van der Waals surface area contributed by atoms with Crippen LogP contribution in [0.1, 0.15) is 36.0 Å². The fraction of sp³-hybridized carbons (Fsp3) is 0.310. The van der Waals surface area contributed by atoms with E-state index < -0.39 is 5.82 Å². The number of H-pyrrole nitrogens is 1. The van der Waals surface area contributed by atoms with Crippen molar-refractivity contribution in [1.29, 1.82) is 0 Å². The van der Waals surface area contributed by atoms with E-state index in [2.05, 4.69) is 15.3 Å². The zero-order valence-corrected chi connectivity index (χ0v) is 21.2. The van der Waals surface area contributed by atoms with Crippen molar-refractivity contribution in [2.24, 2.45) is 0 Å². The molecule has 4 aromatic rings. The van der Waals surface area contributed by atoms with Crippen LogP contribution < -0.4 is 10.1 Å². The summed E-state index contributed by atoms with van der Waals surface area (Å²) in [5.41, 5.74) is 4.27. The van der Waals surface area contributed by atoms with Gasteiger partial charge in [0.2, 0.25) is 0 Å². The largest absolute Gasteiger partial charge is 0.496 e. The monoisotopic (exact) mass is 502 g/mol. The fourth-order valence-corrected chi connectivity index (χ4v) is 5.01. The van der Waals surface area contributed by atoms with Gasteiger partial charge in [0.15, 0.2) is 0 Å². The third-order valence-electron chi connectivity index (χ3n) is 7.03. The summed E-state index contributed by atoms with van der Waals surface area (Å²) in [5.74, 6) is -0.0400. The molecule has 1 saturated carbocycles. The highest BCUT2D eigenvalue weighted by molar-refractivity contribution is 6.02. The zero-order chi connectivity index (χ0) is 26.1. The third kappa shape index (κ3) is 4.89. The van der Waals surface area contributed by atoms with Gasteiger partial charge >= 0.3 is 0 Å². The summed E-state index contributed by atoms with van der Waals surface area (Å²) in [5, 5.41) is 13.9. The van der Waals surface area contributed by atoms with E-state index in [1.165, 1.54) is 11.0 Å². The summed E-state index contributed by atoms with van der Waals surface area (Å²) in [6.07, 6.45) is 6.00. The fourth-order valence-electron chi connectivity index (χ4n) is 5.01. The maximum atomic E-state index is 15.6. The molecule has 3 N–H and O–H groups in total. The lowest BCUT2D eigenvalue weighted by Crippen LogP contribution is -2.30. The summed E-state index contributed by atoms with van der Waals surface area (Å²) in [7, 11) is 4.94. The van der Waals surface area contributed by atoms with Crippen LogP contribution in [0.3, 0.4) is 0 Å². The highest BCUT2D eigenvalue weighted by Gasteiger charge is 2.25. The lowest BCUT2D eigenvalue weighted by molar-refractivity contribution is 0.0827. The van der Waals surface area contributed by atoms with Crippen LogP contribution in [0.4, 0.5) is 10.1 Å². The Kier molecular flexibility index (Phi) is 6.84. The van der Waals surface area contributed by atoms with Crippen molar-refractivity contribution < 1.29 is 19.0 Å². The first-order valence-corrected chi connectivity index (χ1v) is 12.5. The molecule has 0 bridgehead atoms. The lowest BCUT2D eigenvalue weighted by Gasteiger charge is -2.28. The van der Waals surface area contributed by atoms with Crippen molar-refractivity contribution in [3.05, 3.63) is 66.2 Å². The van der Waals surface area contributed by atoms with E-state index in [4.69, 9.17) is 4.74 Å². The van der Waals surface area contributed by atoms with Gasteiger partial charge in [0.1, 0.15) is 17.2 Å². The van der Waals surface area contributed by atoms with Crippen LogP contribution >= 0.6 is 0 Å². The number of nitrogens with one attached hydrogen (secondary N) is 2. The predicted molar refractivity (Wildman–Crippen MR) is 143 cm³/mol. The molecule has 0 unspecified atom stereocenters. The van der Waals surface area contributed by atoms with Gasteiger partial charge < -0.3 is 25.0 Å². The standard InChI is InChI=1S/C29H31FN4O3/c1-34(2)29(36)23-12-17(14-25(30)27(23)33-19-8-10-20(35)11-9-19)18-13-22-24(16-32-28(22)31-15-18)21-6-4-5-7-26(21)37-3/h4-7,12-16,19-20,33,35H,8-11H2,1-3H3,(H,31,32). The van der Waals surface area contributed by atoms with Gasteiger partial charge in [0.25, 0.3) is 5.91 Å². The topological polar surface area (TPSA) is 90.5 Å². The summed E-state index contributed by atoms with van der Waals surface area (Å²) in [4.78, 5) is 22.3. The lowest BCUT2D eigenvalue weighted by atomic mass is 9.92. The predicted octanol–water partition coefficient (Wildman–Crippen LogP) is 5.46. The Bertz CT molecular complexity index is 1440. The minimum absolute atomic E-state index is 0.00116. The molecule has 8 heteroatoms. The second kappa shape index (κ2) is 10.2. The third-order valence-corrected chi connectivity index (χ3v) is 7.03. The number of rotatable bonds is 6. The number of pyridine rings is 1. The van der Waals surface area contributed by atoms with E-state index in [0.29, 0.717) is 29.6 Å². The molecule has 2 heterocycles. The number of nitrogens with zero attached hydrogens (tertiary/aromatic N) is 2. The van der Waals surface area contributed by atoms with Gasteiger partial charge in [-0.25, -0.2) is 9.37 Å². The number of ether oxygens (including phenoxy) is 1. The number of hydrogen-bond acceptors (Lipinski definition) is 5. The Morgan fingerprint density at radius 2 is 1.86 bits per heavy atom. The van der Waals surface area contributed by atoms with Gasteiger partial charge in [0.05, 0.1) is 24.5 Å². The van der Waals surface area contributed by atoms with Crippen LogP contribution in [-0.4, -0.2) is 59.2 Å². The van der Waals surface area contributed by atoms with Crippen molar-refractivity contribution in [1.82, 2.24) is 14.9 Å². The Hall–Kier alpha value is -3.91. The number of methoxy groups -OCH3 is 1. The molecule has 1 aliphatic carbocycles. The Labute approximate surface area is 215 Å². The van der Waals surface area contributed by atoms with Crippen LogP contribution in [0.2, 0.25) is 0 Å². The summed E-state index contributed by atoms with van der Waals surface area (Å²) >= 11 is 0. The number of aromatic amines is 1. The Morgan fingerprint density at radius 3 is 2.59 bits per heavy atom. The molecule has 192 valence electrons. The number of aliphatic hydroxyl groups is 1. The number of halogens is 1. The van der Waals surface area contributed by atoms with E-state index in [0.717, 1.165) is 35.1 Å². The molecule has 5 rings (SSSR count). The summed E-state index contributed by atoms with van der Waals surface area (Å²) in [6.45, 7) is 0. The number of para-hydroxylation sites is 1. The van der Waals surface area contributed by atoms with Crippen molar-refractivity contribution in [2.75, 3.05) is 26.5 Å². The number of benzene rings is 2. The van der Waals surface area contributed by atoms with Gasteiger partial charge in [-0.05, 0) is 55.5 Å². The molecule has 0 aliphatic heterocycles. The maximum Gasteiger partial charge on any atom is 0.255 e. The number of hydrogen-bond donors (Lipinski definition) is 3. The second-order valence-electron chi connectivity index (χ2n) is 9.75. The van der Waals surface area contributed by atoms with E-state index in [-0.39, 0.29) is 29.3 Å². The average Bonchev–Trinajstić information content (AvgIpc) is 3.33. The molecular formula is C29H31FN4O3. The first-order chi connectivity index (χ1) is 17.9. The molecular weight excluding hydrogens is 471 g/mol. The van der Waals surface area contributed by atoms with Crippen molar-refractivity contribution >= 4 is 22.6 Å². The number of fused-ring (bicyclic) bond motifs is 1. The quantitative estimate of drug-likeness (QED) is 0.326. The molecule has 1 amide bonds. The highest BCUT2D eigenvalue weighted by atomic mass is 19.1. The molecule has 37 heavy (non-hydrogen) atoms.